The van der Waals surface area contributed by atoms with Gasteiger partial charge in [0.2, 0.25) is 0 Å². The van der Waals surface area contributed by atoms with Gasteiger partial charge in [0.05, 0.1) is 0 Å². The minimum Gasteiger partial charge on any atom is -0.491 e. The summed E-state index contributed by atoms with van der Waals surface area (Å²) in [6.07, 6.45) is 2.62. The van der Waals surface area contributed by atoms with Crippen LogP contribution in [0.3, 0.4) is 0 Å². The van der Waals surface area contributed by atoms with Gasteiger partial charge in [0.15, 0.2) is 0 Å². The van der Waals surface area contributed by atoms with Crippen molar-refractivity contribution < 1.29 is 61.1 Å². The van der Waals surface area contributed by atoms with Crippen LogP contribution < -0.4 is 33.8 Å². The van der Waals surface area contributed by atoms with E-state index in [-0.39, 0.29) is 62.8 Å². The summed E-state index contributed by atoms with van der Waals surface area (Å²) in [7, 11) is -2.01. The summed E-state index contributed by atoms with van der Waals surface area (Å²) < 4.78 is 51.6. The largest absolute Gasteiger partial charge is 1.00 e. The molecule has 0 heterocycles. The molecule has 0 aliphatic rings. The second-order valence-corrected chi connectivity index (χ2v) is 12.5. The number of hydrogen-bond acceptors (Lipinski definition) is 7. The molecule has 0 radical (unpaired) electrons. The molecule has 2 N–H and O–H groups in total. The third-order valence-corrected chi connectivity index (χ3v) is 6.60. The third-order valence-electron chi connectivity index (χ3n) is 6.10. The maximum Gasteiger partial charge on any atom is 1.00 e. The molecule has 0 unspecified atom stereocenters. The van der Waals surface area contributed by atoms with Crippen molar-refractivity contribution in [1.82, 2.24) is 0 Å². The van der Waals surface area contributed by atoms with Crippen molar-refractivity contribution in [2.24, 2.45) is 0 Å². The van der Waals surface area contributed by atoms with E-state index in [1.807, 2.05) is 77.9 Å². The van der Waals surface area contributed by atoms with Crippen LogP contribution in [0, 0.1) is 6.92 Å². The molecule has 0 amide bonds. The Morgan fingerprint density at radius 3 is 1.41 bits per heavy atom. The molecule has 0 bridgehead atoms. The first-order valence-corrected chi connectivity index (χ1v) is 17.3. The molecule has 0 aliphatic heterocycles. The molecule has 0 fully saturated rings. The minimum atomic E-state index is -1.47. The van der Waals surface area contributed by atoms with Crippen LogP contribution in [0.2, 0.25) is 0 Å². The Kier molecular flexibility index (Phi) is 29.7. The Balaban J connectivity index is 0. The summed E-state index contributed by atoms with van der Waals surface area (Å²) in [6, 6.07) is 22.2. The van der Waals surface area contributed by atoms with Crippen LogP contribution in [0.25, 0.3) is 21.5 Å². The van der Waals surface area contributed by atoms with Crippen LogP contribution in [0.1, 0.15) is 61.3 Å². The van der Waals surface area contributed by atoms with Crippen LogP contribution >= 0.6 is 28.3 Å². The van der Waals surface area contributed by atoms with E-state index in [4.69, 9.17) is 33.5 Å². The van der Waals surface area contributed by atoms with Gasteiger partial charge in [0.25, 0.3) is 0 Å². The summed E-state index contributed by atoms with van der Waals surface area (Å²) >= 11 is 3.41. The summed E-state index contributed by atoms with van der Waals surface area (Å²) in [5.41, 5.74) is 0.440. The number of unbranched alkanes of at least 4 members (excludes halogenated alkanes) is 1. The molecular weight excluding hydrogens is 738 g/mol. The first-order valence-electron chi connectivity index (χ1n) is 16.6. The van der Waals surface area contributed by atoms with Gasteiger partial charge in [-0.05, 0) is 105 Å². The standard InChI is InChI=1S/C12H12BFO3.C12H10BrFO.C9H21BO3.C4H9.ClH.Li/c14-5-6-17-12-4-2-9-7-11(13(15)16)3-1-10(9)8-12;13-11-3-1-10-8-12(15-6-5-14)4-2-9(10)7-11;1-7(2)11-10(12-8(3)4)13-9(5)6;1-3-4-2;;/h1-4,7-8,15-16H,5-6H2;1-4,7-8H,5-6H2;7-9H,1-6H3;1,3-4H2,2H3;1H;/q;;;-1;;+1. The zero-order valence-electron chi connectivity index (χ0n) is 31.2. The molecule has 0 saturated carbocycles. The number of halogens is 4. The number of hydrogen-bond donors (Lipinski definition) is 2. The average molecular weight is 792 g/mol. The SMILES string of the molecule is CC(C)OB(OC(C)C)OC(C)C.Cl.FCCOc1ccc2cc(Br)ccc2c1.OB(O)c1ccc2cc(OCCF)ccc2c1.[CH2-]CCC.[Li+]. The summed E-state index contributed by atoms with van der Waals surface area (Å²) in [6.45, 7) is 16.6. The fourth-order valence-corrected chi connectivity index (χ4v) is 4.23. The van der Waals surface area contributed by atoms with Crippen molar-refractivity contribution >= 4 is 69.8 Å². The summed E-state index contributed by atoms with van der Waals surface area (Å²) in [5, 5.41) is 22.1. The number of fused-ring (bicyclic) bond motifs is 2. The van der Waals surface area contributed by atoms with Crippen LogP contribution in [0.4, 0.5) is 8.78 Å². The Labute approximate surface area is 331 Å². The van der Waals surface area contributed by atoms with E-state index in [2.05, 4.69) is 29.8 Å². The van der Waals surface area contributed by atoms with Gasteiger partial charge in [-0.2, -0.15) is 6.42 Å². The van der Waals surface area contributed by atoms with Crippen molar-refractivity contribution in [3.05, 3.63) is 84.2 Å². The van der Waals surface area contributed by atoms with Crippen molar-refractivity contribution in [1.29, 1.82) is 0 Å². The van der Waals surface area contributed by atoms with Crippen molar-refractivity contribution in [3.8, 4) is 11.5 Å². The van der Waals surface area contributed by atoms with Crippen molar-refractivity contribution in [2.75, 3.05) is 26.6 Å². The number of ether oxygens (including phenoxy) is 2. The number of alkyl halides is 2. The van der Waals surface area contributed by atoms with E-state index in [1.54, 1.807) is 36.4 Å². The minimum absolute atomic E-state index is 0. The molecule has 4 aromatic carbocycles. The molecule has 0 atom stereocenters. The molecule has 0 aliphatic carbocycles. The quantitative estimate of drug-likeness (QED) is 0.118. The van der Waals surface area contributed by atoms with Crippen LogP contribution in [-0.2, 0) is 14.0 Å². The predicted molar refractivity (Wildman–Crippen MR) is 210 cm³/mol. The molecule has 4 aromatic rings. The van der Waals surface area contributed by atoms with Gasteiger partial charge in [-0.15, -0.1) is 12.4 Å². The Morgan fingerprint density at radius 1 is 0.667 bits per heavy atom. The Bertz CT molecular complexity index is 1450. The number of rotatable bonds is 14. The van der Waals surface area contributed by atoms with Gasteiger partial charge >= 0.3 is 33.3 Å². The Hall–Kier alpha value is -1.84. The van der Waals surface area contributed by atoms with E-state index in [1.165, 1.54) is 6.42 Å². The van der Waals surface area contributed by atoms with Gasteiger partial charge in [0, 0.05) is 22.8 Å². The molecule has 14 heteroatoms. The summed E-state index contributed by atoms with van der Waals surface area (Å²) in [5.74, 6) is 1.31. The molecule has 0 aromatic heterocycles. The van der Waals surface area contributed by atoms with E-state index in [9.17, 15) is 8.78 Å². The molecule has 7 nitrogen and oxygen atoms in total. The van der Waals surface area contributed by atoms with E-state index >= 15 is 0 Å². The molecule has 0 saturated heterocycles. The zero-order chi connectivity index (χ0) is 36.8. The average Bonchev–Trinajstić information content (AvgIpc) is 3.05. The zero-order valence-corrected chi connectivity index (χ0v) is 33.6. The normalized spacial score (nSPS) is 10.2. The van der Waals surface area contributed by atoms with E-state index in [0.29, 0.717) is 17.0 Å². The Morgan fingerprint density at radius 2 is 1.04 bits per heavy atom. The monoisotopic (exact) mass is 790 g/mol. The molecule has 278 valence electrons. The smallest absolute Gasteiger partial charge is 0.491 e. The van der Waals surface area contributed by atoms with E-state index in [0.717, 1.165) is 32.4 Å². The van der Waals surface area contributed by atoms with Crippen LogP contribution in [-0.4, -0.2) is 69.4 Å². The molecule has 4 rings (SSSR count). The molecular formula is C37H53B2BrClF2LiO7. The third kappa shape index (κ3) is 22.7. The van der Waals surface area contributed by atoms with Crippen LogP contribution in [0.5, 0.6) is 11.5 Å². The van der Waals surface area contributed by atoms with Gasteiger partial charge in [0.1, 0.15) is 38.1 Å². The molecule has 51 heavy (non-hydrogen) atoms. The fourth-order valence-electron chi connectivity index (χ4n) is 3.85. The number of benzene rings is 4. The first kappa shape index (κ1) is 51.3. The van der Waals surface area contributed by atoms with Gasteiger partial charge in [-0.25, -0.2) is 8.78 Å². The predicted octanol–water partition coefficient (Wildman–Crippen LogP) is 6.11. The molecule has 0 spiro atoms. The second-order valence-electron chi connectivity index (χ2n) is 11.6. The van der Waals surface area contributed by atoms with Crippen molar-refractivity contribution in [2.45, 2.75) is 79.6 Å². The van der Waals surface area contributed by atoms with Gasteiger partial charge < -0.3 is 40.4 Å². The van der Waals surface area contributed by atoms with E-state index < -0.39 is 27.8 Å². The maximum absolute atomic E-state index is 12.0. The van der Waals surface area contributed by atoms with Crippen molar-refractivity contribution in [3.63, 3.8) is 0 Å². The van der Waals surface area contributed by atoms with Gasteiger partial charge in [-0.1, -0.05) is 65.7 Å². The topological polar surface area (TPSA) is 86.6 Å². The van der Waals surface area contributed by atoms with Crippen LogP contribution in [0.15, 0.2) is 77.3 Å². The summed E-state index contributed by atoms with van der Waals surface area (Å²) in [4.78, 5) is 0. The maximum atomic E-state index is 12.0. The fraction of sp³-hybridized carbons (Fsp3) is 0.432. The first-order chi connectivity index (χ1) is 23.3. The second kappa shape index (κ2) is 29.6. The van der Waals surface area contributed by atoms with Gasteiger partial charge in [-0.3, -0.25) is 0 Å².